The SMILES string of the molecule is C=Cc1cc2nc(NCCC)[nH]c2cc1C=C. The Kier molecular flexibility index (Phi) is 3.28. The second-order valence-electron chi connectivity index (χ2n) is 3.92. The van der Waals surface area contributed by atoms with Crippen LogP contribution in [0.25, 0.3) is 23.2 Å². The highest BCUT2D eigenvalue weighted by Crippen LogP contribution is 2.21. The van der Waals surface area contributed by atoms with Gasteiger partial charge in [0.15, 0.2) is 0 Å². The van der Waals surface area contributed by atoms with Gasteiger partial charge >= 0.3 is 0 Å². The fourth-order valence-electron chi connectivity index (χ4n) is 1.77. The molecule has 3 heteroatoms. The molecule has 0 saturated carbocycles. The van der Waals surface area contributed by atoms with Crippen LogP contribution in [-0.4, -0.2) is 16.5 Å². The van der Waals surface area contributed by atoms with Crippen molar-refractivity contribution in [3.05, 3.63) is 36.4 Å². The molecule has 0 atom stereocenters. The number of H-pyrrole nitrogens is 1. The number of nitrogens with zero attached hydrogens (tertiary/aromatic N) is 1. The number of hydrogen-bond acceptors (Lipinski definition) is 2. The summed E-state index contributed by atoms with van der Waals surface area (Å²) in [7, 11) is 0. The van der Waals surface area contributed by atoms with E-state index in [-0.39, 0.29) is 0 Å². The Morgan fingerprint density at radius 2 is 2.00 bits per heavy atom. The highest BCUT2D eigenvalue weighted by atomic mass is 15.1. The molecule has 0 aliphatic carbocycles. The number of nitrogens with one attached hydrogen (secondary N) is 2. The van der Waals surface area contributed by atoms with E-state index in [1.807, 2.05) is 24.3 Å². The van der Waals surface area contributed by atoms with E-state index in [0.29, 0.717) is 0 Å². The van der Waals surface area contributed by atoms with Crippen molar-refractivity contribution in [3.63, 3.8) is 0 Å². The summed E-state index contributed by atoms with van der Waals surface area (Å²) in [6, 6.07) is 4.07. The average Bonchev–Trinajstić information content (AvgIpc) is 2.76. The summed E-state index contributed by atoms with van der Waals surface area (Å²) in [5.41, 5.74) is 4.09. The first kappa shape index (κ1) is 11.5. The Balaban J connectivity index is 2.46. The van der Waals surface area contributed by atoms with Crippen LogP contribution in [0.4, 0.5) is 5.95 Å². The number of hydrogen-bond donors (Lipinski definition) is 2. The Morgan fingerprint density at radius 3 is 2.65 bits per heavy atom. The van der Waals surface area contributed by atoms with Crippen LogP contribution in [-0.2, 0) is 0 Å². The summed E-state index contributed by atoms with van der Waals surface area (Å²) in [4.78, 5) is 7.74. The van der Waals surface area contributed by atoms with Gasteiger partial charge in [0, 0.05) is 6.54 Å². The molecule has 0 aliphatic rings. The predicted molar refractivity (Wildman–Crippen MR) is 75.1 cm³/mol. The third-order valence-corrected chi connectivity index (χ3v) is 2.67. The minimum Gasteiger partial charge on any atom is -0.356 e. The Morgan fingerprint density at radius 1 is 1.29 bits per heavy atom. The molecule has 2 rings (SSSR count). The van der Waals surface area contributed by atoms with Crippen LogP contribution in [0, 0.1) is 0 Å². The van der Waals surface area contributed by atoms with E-state index >= 15 is 0 Å². The molecule has 17 heavy (non-hydrogen) atoms. The molecule has 0 radical (unpaired) electrons. The van der Waals surface area contributed by atoms with Crippen LogP contribution in [0.1, 0.15) is 24.5 Å². The number of benzene rings is 1. The Bertz CT molecular complexity index is 507. The van der Waals surface area contributed by atoms with Gasteiger partial charge in [-0.25, -0.2) is 4.98 Å². The van der Waals surface area contributed by atoms with Crippen molar-refractivity contribution in [2.45, 2.75) is 13.3 Å². The Labute approximate surface area is 101 Å². The first-order valence-corrected chi connectivity index (χ1v) is 5.81. The third kappa shape index (κ3) is 2.23. The lowest BCUT2D eigenvalue weighted by Gasteiger charge is -1.99. The minimum atomic E-state index is 0.818. The molecular formula is C14H17N3. The molecular weight excluding hydrogens is 210 g/mol. The molecule has 0 spiro atoms. The first-order chi connectivity index (χ1) is 8.28. The lowest BCUT2D eigenvalue weighted by molar-refractivity contribution is 0.964. The minimum absolute atomic E-state index is 0.818. The van der Waals surface area contributed by atoms with Gasteiger partial charge in [0.25, 0.3) is 0 Å². The number of fused-ring (bicyclic) bond motifs is 1. The van der Waals surface area contributed by atoms with Crippen LogP contribution < -0.4 is 5.32 Å². The van der Waals surface area contributed by atoms with E-state index in [9.17, 15) is 0 Å². The molecule has 2 aromatic rings. The maximum atomic E-state index is 4.49. The normalized spacial score (nSPS) is 10.4. The zero-order valence-electron chi connectivity index (χ0n) is 10.1. The summed E-state index contributed by atoms with van der Waals surface area (Å²) < 4.78 is 0. The molecule has 0 amide bonds. The molecule has 2 N–H and O–H groups in total. The average molecular weight is 227 g/mol. The fourth-order valence-corrected chi connectivity index (χ4v) is 1.77. The van der Waals surface area contributed by atoms with Crippen molar-refractivity contribution in [2.75, 3.05) is 11.9 Å². The van der Waals surface area contributed by atoms with Crippen LogP contribution in [0.5, 0.6) is 0 Å². The predicted octanol–water partition coefficient (Wildman–Crippen LogP) is 3.67. The maximum absolute atomic E-state index is 4.49. The second kappa shape index (κ2) is 4.87. The maximum Gasteiger partial charge on any atom is 0.201 e. The number of anilines is 1. The first-order valence-electron chi connectivity index (χ1n) is 5.81. The number of aromatic nitrogens is 2. The Hall–Kier alpha value is -2.03. The highest BCUT2D eigenvalue weighted by Gasteiger charge is 2.05. The summed E-state index contributed by atoms with van der Waals surface area (Å²) >= 11 is 0. The smallest absolute Gasteiger partial charge is 0.201 e. The fraction of sp³-hybridized carbons (Fsp3) is 0.214. The molecule has 0 unspecified atom stereocenters. The number of aromatic amines is 1. The number of rotatable bonds is 5. The van der Waals surface area contributed by atoms with E-state index in [4.69, 9.17) is 0 Å². The van der Waals surface area contributed by atoms with Gasteiger partial charge in [0.2, 0.25) is 5.95 Å². The van der Waals surface area contributed by atoms with Crippen molar-refractivity contribution in [3.8, 4) is 0 Å². The molecule has 1 aromatic carbocycles. The lowest BCUT2D eigenvalue weighted by atomic mass is 10.1. The van der Waals surface area contributed by atoms with Crippen LogP contribution in [0.3, 0.4) is 0 Å². The van der Waals surface area contributed by atoms with Crippen molar-refractivity contribution in [1.82, 2.24) is 9.97 Å². The van der Waals surface area contributed by atoms with Gasteiger partial charge < -0.3 is 10.3 Å². The van der Waals surface area contributed by atoms with Gasteiger partial charge in [-0.3, -0.25) is 0 Å². The van der Waals surface area contributed by atoms with Gasteiger partial charge in [0.05, 0.1) is 11.0 Å². The van der Waals surface area contributed by atoms with Crippen molar-refractivity contribution < 1.29 is 0 Å². The van der Waals surface area contributed by atoms with E-state index in [1.165, 1.54) is 0 Å². The van der Waals surface area contributed by atoms with Gasteiger partial charge in [-0.2, -0.15) is 0 Å². The van der Waals surface area contributed by atoms with E-state index < -0.39 is 0 Å². The van der Waals surface area contributed by atoms with Crippen molar-refractivity contribution >= 4 is 29.1 Å². The van der Waals surface area contributed by atoms with E-state index in [2.05, 4.69) is 35.4 Å². The lowest BCUT2D eigenvalue weighted by Crippen LogP contribution is -2.00. The van der Waals surface area contributed by atoms with Gasteiger partial charge in [-0.05, 0) is 29.7 Å². The zero-order valence-corrected chi connectivity index (χ0v) is 10.1. The molecule has 88 valence electrons. The zero-order chi connectivity index (χ0) is 12.3. The second-order valence-corrected chi connectivity index (χ2v) is 3.92. The quantitative estimate of drug-likeness (QED) is 0.818. The number of imidazole rings is 1. The largest absolute Gasteiger partial charge is 0.356 e. The van der Waals surface area contributed by atoms with Gasteiger partial charge in [-0.1, -0.05) is 32.2 Å². The molecule has 3 nitrogen and oxygen atoms in total. The molecule has 0 fully saturated rings. The monoisotopic (exact) mass is 227 g/mol. The summed E-state index contributed by atoms with van der Waals surface area (Å²) in [5.74, 6) is 0.818. The highest BCUT2D eigenvalue weighted by molar-refractivity contribution is 5.84. The third-order valence-electron chi connectivity index (χ3n) is 2.67. The summed E-state index contributed by atoms with van der Waals surface area (Å²) in [6.45, 7) is 10.7. The summed E-state index contributed by atoms with van der Waals surface area (Å²) in [6.07, 6.45) is 4.73. The van der Waals surface area contributed by atoms with Crippen LogP contribution in [0.2, 0.25) is 0 Å². The van der Waals surface area contributed by atoms with Crippen LogP contribution in [0.15, 0.2) is 25.3 Å². The summed E-state index contributed by atoms with van der Waals surface area (Å²) in [5, 5.41) is 3.24. The van der Waals surface area contributed by atoms with Crippen molar-refractivity contribution in [2.24, 2.45) is 0 Å². The molecule has 0 saturated heterocycles. The van der Waals surface area contributed by atoms with Gasteiger partial charge in [0.1, 0.15) is 0 Å². The van der Waals surface area contributed by atoms with E-state index in [0.717, 1.165) is 41.1 Å². The molecule has 1 aromatic heterocycles. The van der Waals surface area contributed by atoms with E-state index in [1.54, 1.807) is 0 Å². The molecule has 0 bridgehead atoms. The molecule has 1 heterocycles. The van der Waals surface area contributed by atoms with Gasteiger partial charge in [-0.15, -0.1) is 0 Å². The van der Waals surface area contributed by atoms with Crippen LogP contribution >= 0.6 is 0 Å². The molecule has 0 aliphatic heterocycles. The topological polar surface area (TPSA) is 40.7 Å². The van der Waals surface area contributed by atoms with Crippen molar-refractivity contribution in [1.29, 1.82) is 0 Å². The standard InChI is InChI=1S/C14H17N3/c1-4-7-15-14-16-12-8-10(5-2)11(6-3)9-13(12)17-14/h5-6,8-9H,2-4,7H2,1H3,(H2,15,16,17).